The lowest BCUT2D eigenvalue weighted by Crippen LogP contribution is -2.41. The van der Waals surface area contributed by atoms with Crippen LogP contribution in [0.15, 0.2) is 12.3 Å². The molecular formula is C16H25N3O2. The number of anilines is 1. The van der Waals surface area contributed by atoms with E-state index in [4.69, 9.17) is 10.5 Å². The Morgan fingerprint density at radius 1 is 1.38 bits per heavy atom. The van der Waals surface area contributed by atoms with Gasteiger partial charge in [-0.3, -0.25) is 4.98 Å². The summed E-state index contributed by atoms with van der Waals surface area (Å²) in [5.41, 5.74) is 8.24. The number of aromatic nitrogens is 1. The Hall–Kier alpha value is -1.78. The topological polar surface area (TPSA) is 68.5 Å². The molecule has 5 heteroatoms. The Morgan fingerprint density at radius 2 is 2.00 bits per heavy atom. The second kappa shape index (κ2) is 5.92. The number of amides is 1. The van der Waals surface area contributed by atoms with E-state index in [0.717, 1.165) is 24.1 Å². The molecule has 0 atom stereocenters. The Balaban J connectivity index is 1.95. The number of pyridine rings is 1. The third kappa shape index (κ3) is 4.09. The highest BCUT2D eigenvalue weighted by Gasteiger charge is 2.28. The lowest BCUT2D eigenvalue weighted by molar-refractivity contribution is 0.0204. The minimum atomic E-state index is -0.441. The van der Waals surface area contributed by atoms with E-state index in [1.54, 1.807) is 11.1 Å². The van der Waals surface area contributed by atoms with Gasteiger partial charge >= 0.3 is 6.09 Å². The number of ether oxygens (including phenoxy) is 1. The molecule has 1 fully saturated rings. The van der Waals surface area contributed by atoms with Gasteiger partial charge in [0.15, 0.2) is 0 Å². The second-order valence-corrected chi connectivity index (χ2v) is 6.71. The standard InChI is InChI=1S/C16H25N3O2/c1-11-9-13(17)10-18-14(11)12-5-7-19(8-6-12)15(20)21-16(2,3)4/h9-10,12H,5-8,17H2,1-4H3. The van der Waals surface area contributed by atoms with Gasteiger partial charge in [0.25, 0.3) is 0 Å². The molecule has 0 unspecified atom stereocenters. The Morgan fingerprint density at radius 3 is 2.52 bits per heavy atom. The van der Waals surface area contributed by atoms with Crippen LogP contribution in [0, 0.1) is 6.92 Å². The fourth-order valence-electron chi connectivity index (χ4n) is 2.70. The third-order valence-corrected chi connectivity index (χ3v) is 3.67. The summed E-state index contributed by atoms with van der Waals surface area (Å²) in [5, 5.41) is 0. The van der Waals surface area contributed by atoms with Gasteiger partial charge in [0.1, 0.15) is 5.60 Å². The average molecular weight is 291 g/mol. The molecular weight excluding hydrogens is 266 g/mol. The first-order chi connectivity index (χ1) is 9.76. The summed E-state index contributed by atoms with van der Waals surface area (Å²) in [7, 11) is 0. The fraction of sp³-hybridized carbons (Fsp3) is 0.625. The van der Waals surface area contributed by atoms with E-state index in [1.165, 1.54) is 0 Å². The highest BCUT2D eigenvalue weighted by Crippen LogP contribution is 2.29. The van der Waals surface area contributed by atoms with Crippen molar-refractivity contribution < 1.29 is 9.53 Å². The first-order valence-electron chi connectivity index (χ1n) is 7.46. The molecule has 2 rings (SSSR count). The number of carbonyl (C=O) groups excluding carboxylic acids is 1. The lowest BCUT2D eigenvalue weighted by Gasteiger charge is -2.33. The van der Waals surface area contributed by atoms with Gasteiger partial charge in [-0.15, -0.1) is 0 Å². The summed E-state index contributed by atoms with van der Waals surface area (Å²) in [6, 6.07) is 1.96. The average Bonchev–Trinajstić information content (AvgIpc) is 2.37. The highest BCUT2D eigenvalue weighted by molar-refractivity contribution is 5.68. The highest BCUT2D eigenvalue weighted by atomic mass is 16.6. The lowest BCUT2D eigenvalue weighted by atomic mass is 9.91. The minimum Gasteiger partial charge on any atom is -0.444 e. The maximum atomic E-state index is 12.0. The molecule has 0 aromatic carbocycles. The molecule has 2 N–H and O–H groups in total. The summed E-state index contributed by atoms with van der Waals surface area (Å²) in [5.74, 6) is 0.393. The zero-order chi connectivity index (χ0) is 15.6. The molecule has 116 valence electrons. The van der Waals surface area contributed by atoms with Gasteiger partial charge in [0.2, 0.25) is 0 Å². The number of piperidine rings is 1. The van der Waals surface area contributed by atoms with Crippen molar-refractivity contribution in [3.8, 4) is 0 Å². The van der Waals surface area contributed by atoms with Gasteiger partial charge in [-0.2, -0.15) is 0 Å². The van der Waals surface area contributed by atoms with Crippen molar-refractivity contribution in [1.82, 2.24) is 9.88 Å². The summed E-state index contributed by atoms with van der Waals surface area (Å²) in [6.07, 6.45) is 3.32. The van der Waals surface area contributed by atoms with Crippen molar-refractivity contribution in [2.24, 2.45) is 0 Å². The largest absolute Gasteiger partial charge is 0.444 e. The summed E-state index contributed by atoms with van der Waals surface area (Å²) >= 11 is 0. The zero-order valence-electron chi connectivity index (χ0n) is 13.3. The summed E-state index contributed by atoms with van der Waals surface area (Å²) < 4.78 is 5.41. The number of hydrogen-bond acceptors (Lipinski definition) is 4. The zero-order valence-corrected chi connectivity index (χ0v) is 13.3. The molecule has 0 aliphatic carbocycles. The predicted octanol–water partition coefficient (Wildman–Crippen LogP) is 3.09. The molecule has 0 bridgehead atoms. The van der Waals surface area contributed by atoms with Gasteiger partial charge in [-0.25, -0.2) is 4.79 Å². The molecule has 1 aromatic heterocycles. The number of likely N-dealkylation sites (tertiary alicyclic amines) is 1. The monoisotopic (exact) mass is 291 g/mol. The normalized spacial score (nSPS) is 16.9. The van der Waals surface area contributed by atoms with Gasteiger partial charge < -0.3 is 15.4 Å². The molecule has 1 aliphatic heterocycles. The Labute approximate surface area is 126 Å². The van der Waals surface area contributed by atoms with Gasteiger partial charge in [-0.1, -0.05) is 0 Å². The molecule has 5 nitrogen and oxygen atoms in total. The van der Waals surface area contributed by atoms with E-state index in [-0.39, 0.29) is 6.09 Å². The third-order valence-electron chi connectivity index (χ3n) is 3.67. The van der Waals surface area contributed by atoms with Crippen LogP contribution in [0.1, 0.15) is 50.8 Å². The van der Waals surface area contributed by atoms with Crippen LogP contribution in [0.5, 0.6) is 0 Å². The quantitative estimate of drug-likeness (QED) is 0.863. The van der Waals surface area contributed by atoms with E-state index >= 15 is 0 Å². The number of hydrogen-bond donors (Lipinski definition) is 1. The van der Waals surface area contributed by atoms with Crippen LogP contribution in [0.25, 0.3) is 0 Å². The molecule has 21 heavy (non-hydrogen) atoms. The van der Waals surface area contributed by atoms with Gasteiger partial charge in [0.05, 0.1) is 11.9 Å². The first-order valence-corrected chi connectivity index (χ1v) is 7.46. The van der Waals surface area contributed by atoms with Gasteiger partial charge in [0, 0.05) is 24.7 Å². The van der Waals surface area contributed by atoms with Crippen LogP contribution in [-0.2, 0) is 4.74 Å². The number of nitrogens with zero attached hydrogens (tertiary/aromatic N) is 2. The fourth-order valence-corrected chi connectivity index (χ4v) is 2.70. The predicted molar refractivity (Wildman–Crippen MR) is 83.2 cm³/mol. The molecule has 1 amide bonds. The van der Waals surface area contributed by atoms with Crippen LogP contribution < -0.4 is 5.73 Å². The number of aryl methyl sites for hydroxylation is 1. The molecule has 0 saturated carbocycles. The summed E-state index contributed by atoms with van der Waals surface area (Å²) in [4.78, 5) is 18.3. The number of carbonyl (C=O) groups is 1. The van der Waals surface area contributed by atoms with E-state index in [1.807, 2.05) is 33.8 Å². The van der Waals surface area contributed by atoms with E-state index in [9.17, 15) is 4.79 Å². The van der Waals surface area contributed by atoms with Crippen LogP contribution in [0.2, 0.25) is 0 Å². The molecule has 1 saturated heterocycles. The molecule has 2 heterocycles. The van der Waals surface area contributed by atoms with Crippen molar-refractivity contribution in [2.75, 3.05) is 18.8 Å². The molecule has 0 radical (unpaired) electrons. The van der Waals surface area contributed by atoms with Crippen molar-refractivity contribution in [3.63, 3.8) is 0 Å². The molecule has 0 spiro atoms. The maximum Gasteiger partial charge on any atom is 0.410 e. The molecule has 1 aromatic rings. The van der Waals surface area contributed by atoms with Crippen LogP contribution >= 0.6 is 0 Å². The maximum absolute atomic E-state index is 12.0. The summed E-state index contributed by atoms with van der Waals surface area (Å²) in [6.45, 7) is 9.13. The van der Waals surface area contributed by atoms with Crippen molar-refractivity contribution >= 4 is 11.8 Å². The second-order valence-electron chi connectivity index (χ2n) is 6.71. The van der Waals surface area contributed by atoms with Gasteiger partial charge in [-0.05, 0) is 52.2 Å². The van der Waals surface area contributed by atoms with Crippen molar-refractivity contribution in [2.45, 2.75) is 52.1 Å². The first kappa shape index (κ1) is 15.6. The SMILES string of the molecule is Cc1cc(N)cnc1C1CCN(C(=O)OC(C)(C)C)CC1. The van der Waals surface area contributed by atoms with Crippen molar-refractivity contribution in [3.05, 3.63) is 23.5 Å². The van der Waals surface area contributed by atoms with E-state index in [0.29, 0.717) is 24.7 Å². The van der Waals surface area contributed by atoms with Crippen molar-refractivity contribution in [1.29, 1.82) is 0 Å². The Bertz CT molecular complexity index is 515. The van der Waals surface area contributed by atoms with Crippen LogP contribution in [-0.4, -0.2) is 34.7 Å². The smallest absolute Gasteiger partial charge is 0.410 e. The van der Waals surface area contributed by atoms with Crippen LogP contribution in [0.3, 0.4) is 0 Å². The molecule has 1 aliphatic rings. The number of nitrogens with two attached hydrogens (primary N) is 1. The minimum absolute atomic E-state index is 0.220. The van der Waals surface area contributed by atoms with E-state index < -0.39 is 5.60 Å². The number of nitrogen functional groups attached to an aromatic ring is 1. The van der Waals surface area contributed by atoms with E-state index in [2.05, 4.69) is 4.98 Å². The Kier molecular flexibility index (Phi) is 4.40. The number of rotatable bonds is 1. The van der Waals surface area contributed by atoms with Crippen LogP contribution in [0.4, 0.5) is 10.5 Å².